The van der Waals surface area contributed by atoms with Crippen molar-refractivity contribution >= 4 is 52.8 Å². The molecule has 0 bridgehead atoms. The number of carbonyl (C=O) groups excluding carboxylic acids is 5. The third kappa shape index (κ3) is 6.64. The maximum Gasteiger partial charge on any atom is 0.408 e. The number of amides is 4. The third-order valence-electron chi connectivity index (χ3n) is 8.61. The first-order chi connectivity index (χ1) is 18.2. The van der Waals surface area contributed by atoms with Crippen LogP contribution in [0.4, 0.5) is 4.79 Å². The van der Waals surface area contributed by atoms with Crippen molar-refractivity contribution in [3.8, 4) is 0 Å². The second-order valence-electron chi connectivity index (χ2n) is 12.6. The standard InChI is InChI=1S/C27H40Cl2N4O6/c1-26(2,3)39-25(38)32-19(15-10-5-4-6-11-15)24(37)33-13-16-18(27(16,28)29)20(33)23(36)31-17(21(34)22(30)35)12-14-8-7-9-14/h14-20H,4-13H2,1-3H3,(H2,30,35)(H,31,36)(H,32,38)/t16-,17-,18-,19-,20-/m0/s1. The number of hydrogen-bond acceptors (Lipinski definition) is 6. The number of nitrogens with zero attached hydrogens (tertiary/aromatic N) is 1. The summed E-state index contributed by atoms with van der Waals surface area (Å²) in [7, 11) is 0. The maximum absolute atomic E-state index is 14.0. The summed E-state index contributed by atoms with van der Waals surface area (Å²) in [6, 6.07) is -3.01. The van der Waals surface area contributed by atoms with E-state index < -0.39 is 63.6 Å². The number of likely N-dealkylation sites (tertiary alicyclic amines) is 1. The zero-order valence-corrected chi connectivity index (χ0v) is 24.4. The summed E-state index contributed by atoms with van der Waals surface area (Å²) in [4.78, 5) is 66.2. The van der Waals surface area contributed by atoms with Crippen molar-refractivity contribution in [2.24, 2.45) is 29.4 Å². The van der Waals surface area contributed by atoms with Gasteiger partial charge in [0.15, 0.2) is 0 Å². The summed E-state index contributed by atoms with van der Waals surface area (Å²) in [6.45, 7) is 5.37. The smallest absolute Gasteiger partial charge is 0.408 e. The van der Waals surface area contributed by atoms with Gasteiger partial charge in [-0.3, -0.25) is 19.2 Å². The van der Waals surface area contributed by atoms with Crippen LogP contribution in [-0.4, -0.2) is 69.1 Å². The summed E-state index contributed by atoms with van der Waals surface area (Å²) < 4.78 is 4.25. The van der Waals surface area contributed by atoms with Crippen molar-refractivity contribution in [2.75, 3.05) is 6.54 Å². The molecular formula is C27H40Cl2N4O6. The van der Waals surface area contributed by atoms with Crippen LogP contribution in [0.2, 0.25) is 0 Å². The number of halogens is 2. The molecule has 3 saturated carbocycles. The molecule has 4 aliphatic rings. The second kappa shape index (κ2) is 11.4. The molecule has 3 aliphatic carbocycles. The quantitative estimate of drug-likeness (QED) is 0.279. The fourth-order valence-electron chi connectivity index (χ4n) is 6.32. The number of carbonyl (C=O) groups is 5. The maximum atomic E-state index is 14.0. The number of primary amides is 1. The van der Waals surface area contributed by atoms with E-state index >= 15 is 0 Å². The molecule has 12 heteroatoms. The predicted molar refractivity (Wildman–Crippen MR) is 145 cm³/mol. The number of alkyl carbamates (subject to hydrolysis) is 1. The van der Waals surface area contributed by atoms with E-state index in [1.165, 1.54) is 4.90 Å². The number of Topliss-reactive ketones (excluding diaryl/α,β-unsaturated/α-hetero) is 1. The van der Waals surface area contributed by atoms with Crippen LogP contribution < -0.4 is 16.4 Å². The van der Waals surface area contributed by atoms with Crippen LogP contribution in [0.5, 0.6) is 0 Å². The van der Waals surface area contributed by atoms with E-state index in [1.807, 2.05) is 0 Å². The SMILES string of the molecule is CC(C)(C)OC(=O)N[C@H](C(=O)N1C[C@H]2[C@@H]([C@H]1C(=O)N[C@@H](CC1CCC1)C(=O)C(N)=O)C2(Cl)Cl)C1CCCCC1. The minimum atomic E-state index is -1.19. The van der Waals surface area contributed by atoms with Gasteiger partial charge in [0.1, 0.15) is 22.0 Å². The molecule has 4 N–H and O–H groups in total. The van der Waals surface area contributed by atoms with E-state index in [9.17, 15) is 24.0 Å². The van der Waals surface area contributed by atoms with Gasteiger partial charge in [0.2, 0.25) is 17.6 Å². The fourth-order valence-corrected chi connectivity index (χ4v) is 7.14. The summed E-state index contributed by atoms with van der Waals surface area (Å²) in [5.41, 5.74) is 4.52. The first-order valence-corrected chi connectivity index (χ1v) is 14.8. The Bertz CT molecular complexity index is 1000. The van der Waals surface area contributed by atoms with E-state index in [4.69, 9.17) is 33.7 Å². The van der Waals surface area contributed by atoms with Gasteiger partial charge >= 0.3 is 6.09 Å². The van der Waals surface area contributed by atoms with Gasteiger partial charge in [-0.15, -0.1) is 23.2 Å². The monoisotopic (exact) mass is 586 g/mol. The Morgan fingerprint density at radius 2 is 1.64 bits per heavy atom. The highest BCUT2D eigenvalue weighted by Gasteiger charge is 2.74. The lowest BCUT2D eigenvalue weighted by Crippen LogP contribution is -2.60. The minimum absolute atomic E-state index is 0.112. The van der Waals surface area contributed by atoms with Crippen molar-refractivity contribution in [3.05, 3.63) is 0 Å². The van der Waals surface area contributed by atoms with Gasteiger partial charge in [0.05, 0.1) is 6.04 Å². The van der Waals surface area contributed by atoms with Gasteiger partial charge < -0.3 is 26.0 Å². The van der Waals surface area contributed by atoms with E-state index in [2.05, 4.69) is 10.6 Å². The fraction of sp³-hybridized carbons (Fsp3) is 0.815. The molecule has 218 valence electrons. The molecular weight excluding hydrogens is 547 g/mol. The van der Waals surface area contributed by atoms with Crippen molar-refractivity contribution in [1.82, 2.24) is 15.5 Å². The molecule has 0 radical (unpaired) electrons. The number of nitrogens with one attached hydrogen (secondary N) is 2. The van der Waals surface area contributed by atoms with Gasteiger partial charge in [0.25, 0.3) is 5.91 Å². The number of nitrogens with two attached hydrogens (primary N) is 1. The number of piperidine rings is 1. The third-order valence-corrected chi connectivity index (χ3v) is 9.68. The summed E-state index contributed by atoms with van der Waals surface area (Å²) in [5.74, 6) is -3.75. The van der Waals surface area contributed by atoms with Crippen LogP contribution in [0.15, 0.2) is 0 Å². The number of hydrogen-bond donors (Lipinski definition) is 3. The van der Waals surface area contributed by atoms with Gasteiger partial charge in [-0.05, 0) is 51.9 Å². The lowest BCUT2D eigenvalue weighted by atomic mass is 9.80. The van der Waals surface area contributed by atoms with E-state index in [1.54, 1.807) is 20.8 Å². The van der Waals surface area contributed by atoms with Crippen molar-refractivity contribution in [1.29, 1.82) is 0 Å². The molecule has 10 nitrogen and oxygen atoms in total. The molecule has 0 aromatic heterocycles. The predicted octanol–water partition coefficient (Wildman–Crippen LogP) is 2.82. The molecule has 1 heterocycles. The van der Waals surface area contributed by atoms with Gasteiger partial charge in [-0.25, -0.2) is 4.79 Å². The number of ketones is 1. The molecule has 0 unspecified atom stereocenters. The average molecular weight is 588 g/mol. The molecule has 0 aromatic carbocycles. The van der Waals surface area contributed by atoms with Crippen LogP contribution >= 0.6 is 23.2 Å². The van der Waals surface area contributed by atoms with E-state index in [0.29, 0.717) is 6.42 Å². The van der Waals surface area contributed by atoms with Crippen LogP contribution in [0.25, 0.3) is 0 Å². The molecule has 1 saturated heterocycles. The largest absolute Gasteiger partial charge is 0.444 e. The van der Waals surface area contributed by atoms with Gasteiger partial charge in [-0.2, -0.15) is 0 Å². The Morgan fingerprint density at radius 3 is 2.18 bits per heavy atom. The Hall–Kier alpha value is -2.07. The molecule has 0 spiro atoms. The Labute approximate surface area is 239 Å². The highest BCUT2D eigenvalue weighted by molar-refractivity contribution is 6.51. The molecule has 39 heavy (non-hydrogen) atoms. The molecule has 4 amide bonds. The average Bonchev–Trinajstić information content (AvgIpc) is 3.15. The molecule has 1 aliphatic heterocycles. The van der Waals surface area contributed by atoms with Gasteiger partial charge in [-0.1, -0.05) is 38.5 Å². The van der Waals surface area contributed by atoms with Crippen LogP contribution in [0, 0.1) is 23.7 Å². The van der Waals surface area contributed by atoms with Crippen LogP contribution in [-0.2, 0) is 23.9 Å². The van der Waals surface area contributed by atoms with E-state index in [0.717, 1.165) is 51.4 Å². The zero-order chi connectivity index (χ0) is 28.7. The number of rotatable bonds is 9. The first-order valence-electron chi connectivity index (χ1n) is 14.0. The van der Waals surface area contributed by atoms with Gasteiger partial charge in [0, 0.05) is 18.4 Å². The highest BCUT2D eigenvalue weighted by atomic mass is 35.5. The number of alkyl halides is 2. The lowest BCUT2D eigenvalue weighted by molar-refractivity contribution is -0.144. The topological polar surface area (TPSA) is 148 Å². The van der Waals surface area contributed by atoms with Crippen molar-refractivity contribution in [2.45, 2.75) is 107 Å². The van der Waals surface area contributed by atoms with Crippen molar-refractivity contribution in [3.63, 3.8) is 0 Å². The molecule has 5 atom stereocenters. The second-order valence-corrected chi connectivity index (χ2v) is 14.0. The van der Waals surface area contributed by atoms with E-state index in [-0.39, 0.29) is 24.3 Å². The summed E-state index contributed by atoms with van der Waals surface area (Å²) in [6.07, 6.45) is 6.89. The normalized spacial score (nSPS) is 27.9. The molecule has 4 fully saturated rings. The molecule has 0 aromatic rings. The summed E-state index contributed by atoms with van der Waals surface area (Å²) >= 11 is 13.0. The Morgan fingerprint density at radius 1 is 1.00 bits per heavy atom. The minimum Gasteiger partial charge on any atom is -0.444 e. The first kappa shape index (κ1) is 29.9. The number of ether oxygens (including phenoxy) is 1. The van der Waals surface area contributed by atoms with Crippen molar-refractivity contribution < 1.29 is 28.7 Å². The Balaban J connectivity index is 1.55. The zero-order valence-electron chi connectivity index (χ0n) is 22.8. The van der Waals surface area contributed by atoms with Crippen LogP contribution in [0.3, 0.4) is 0 Å². The van der Waals surface area contributed by atoms with Crippen LogP contribution in [0.1, 0.15) is 78.6 Å². The highest BCUT2D eigenvalue weighted by Crippen LogP contribution is 2.65. The Kier molecular flexibility index (Phi) is 8.76. The lowest BCUT2D eigenvalue weighted by Gasteiger charge is -2.37. The number of fused-ring (bicyclic) bond motifs is 1. The summed E-state index contributed by atoms with van der Waals surface area (Å²) in [5, 5.41) is 5.48. The molecule has 4 rings (SSSR count).